The zero-order valence-corrected chi connectivity index (χ0v) is 17.3. The Balaban J connectivity index is 1.71. The lowest BCUT2D eigenvalue weighted by molar-refractivity contribution is -0.148. The maximum atomic E-state index is 14.6. The van der Waals surface area contributed by atoms with Crippen LogP contribution in [0.3, 0.4) is 0 Å². The van der Waals surface area contributed by atoms with Gasteiger partial charge in [-0.25, -0.2) is 9.87 Å². The summed E-state index contributed by atoms with van der Waals surface area (Å²) >= 11 is 0. The molecule has 1 aliphatic carbocycles. The van der Waals surface area contributed by atoms with Crippen molar-refractivity contribution in [3.8, 4) is 0 Å². The van der Waals surface area contributed by atoms with Gasteiger partial charge in [0, 0.05) is 12.2 Å². The quantitative estimate of drug-likeness (QED) is 0.446. The third kappa shape index (κ3) is 4.80. The molecule has 3 amide bonds. The highest BCUT2D eigenvalue weighted by molar-refractivity contribution is 5.98. The molecule has 1 fully saturated rings. The van der Waals surface area contributed by atoms with Crippen LogP contribution in [-0.2, 0) is 27.2 Å². The Hall–Kier alpha value is -2.48. The topological polar surface area (TPSA) is 98.7 Å². The molecule has 0 radical (unpaired) electrons. The maximum Gasteiger partial charge on any atom is 0.278 e. The monoisotopic (exact) mass is 419 g/mol. The number of halogens is 1. The standard InChI is InChI=1S/C22H30FN3O4/c1-2-3-8-17(19(23)21(28)25-30)22(29)26-12-5-9-18(26)20(27)24-16-11-10-14-6-4-7-15(14)13-16/h10-11,13,17-19,30H,2-9,12H2,1H3,(H,24,27)(H,25,28)/t17-,18+,19?/m1/s1. The summed E-state index contributed by atoms with van der Waals surface area (Å²) in [6, 6.07) is 5.18. The number of amides is 3. The number of nitrogens with zero attached hydrogens (tertiary/aromatic N) is 1. The smallest absolute Gasteiger partial charge is 0.278 e. The Labute approximate surface area is 176 Å². The highest BCUT2D eigenvalue weighted by atomic mass is 19.1. The van der Waals surface area contributed by atoms with Crippen LogP contribution in [0, 0.1) is 5.92 Å². The normalized spacial score (nSPS) is 19.8. The van der Waals surface area contributed by atoms with Crippen LogP contribution in [0.5, 0.6) is 0 Å². The number of nitrogens with one attached hydrogen (secondary N) is 2. The van der Waals surface area contributed by atoms with Gasteiger partial charge in [-0.3, -0.25) is 19.6 Å². The van der Waals surface area contributed by atoms with Crippen LogP contribution in [-0.4, -0.2) is 46.6 Å². The van der Waals surface area contributed by atoms with Crippen molar-refractivity contribution in [2.75, 3.05) is 11.9 Å². The van der Waals surface area contributed by atoms with Crippen LogP contribution >= 0.6 is 0 Å². The summed E-state index contributed by atoms with van der Waals surface area (Å²) in [5.74, 6) is -3.30. The van der Waals surface area contributed by atoms with Crippen molar-refractivity contribution >= 4 is 23.4 Å². The van der Waals surface area contributed by atoms with E-state index in [0.717, 1.165) is 25.7 Å². The van der Waals surface area contributed by atoms with Gasteiger partial charge in [0.2, 0.25) is 11.8 Å². The zero-order chi connectivity index (χ0) is 21.7. The summed E-state index contributed by atoms with van der Waals surface area (Å²) in [7, 11) is 0. The number of alkyl halides is 1. The van der Waals surface area contributed by atoms with Crippen LogP contribution < -0.4 is 10.8 Å². The molecule has 3 N–H and O–H groups in total. The van der Waals surface area contributed by atoms with Gasteiger partial charge in [-0.05, 0) is 61.8 Å². The van der Waals surface area contributed by atoms with E-state index >= 15 is 0 Å². The number of hydrogen-bond donors (Lipinski definition) is 3. The summed E-state index contributed by atoms with van der Waals surface area (Å²) in [5.41, 5.74) is 4.53. The highest BCUT2D eigenvalue weighted by Crippen LogP contribution is 2.28. The molecule has 0 spiro atoms. The molecule has 7 nitrogen and oxygen atoms in total. The predicted molar refractivity (Wildman–Crippen MR) is 110 cm³/mol. The summed E-state index contributed by atoms with van der Waals surface area (Å²) in [4.78, 5) is 39.0. The first-order valence-corrected chi connectivity index (χ1v) is 10.8. The van der Waals surface area contributed by atoms with Gasteiger partial charge in [0.25, 0.3) is 5.91 Å². The Morgan fingerprint density at radius 3 is 2.73 bits per heavy atom. The van der Waals surface area contributed by atoms with Crippen molar-refractivity contribution in [1.82, 2.24) is 10.4 Å². The molecule has 0 aromatic heterocycles. The molecule has 164 valence electrons. The molecule has 30 heavy (non-hydrogen) atoms. The van der Waals surface area contributed by atoms with Crippen molar-refractivity contribution < 1.29 is 24.0 Å². The average Bonchev–Trinajstić information content (AvgIpc) is 3.42. The number of benzene rings is 1. The Morgan fingerprint density at radius 1 is 1.23 bits per heavy atom. The van der Waals surface area contributed by atoms with Crippen LogP contribution in [0.25, 0.3) is 0 Å². The van der Waals surface area contributed by atoms with Gasteiger partial charge in [0.1, 0.15) is 6.04 Å². The maximum absolute atomic E-state index is 14.6. The molecular weight excluding hydrogens is 389 g/mol. The summed E-state index contributed by atoms with van der Waals surface area (Å²) < 4.78 is 14.6. The van der Waals surface area contributed by atoms with E-state index in [0.29, 0.717) is 31.5 Å². The second-order valence-corrected chi connectivity index (χ2v) is 8.14. The fourth-order valence-corrected chi connectivity index (χ4v) is 4.45. The summed E-state index contributed by atoms with van der Waals surface area (Å²) in [6.45, 7) is 2.25. The SMILES string of the molecule is CCCC[C@@H](C(=O)N1CCC[C@H]1C(=O)Nc1ccc2c(c1)CCC2)C(F)C(=O)NO. The minimum absolute atomic E-state index is 0.180. The molecule has 8 heteroatoms. The second kappa shape index (κ2) is 10.0. The van der Waals surface area contributed by atoms with Crippen molar-refractivity contribution in [3.63, 3.8) is 0 Å². The number of fused-ring (bicyclic) bond motifs is 1. The number of carbonyl (C=O) groups excluding carboxylic acids is 3. The number of anilines is 1. The van der Waals surface area contributed by atoms with Gasteiger partial charge in [-0.2, -0.15) is 0 Å². The van der Waals surface area contributed by atoms with Gasteiger partial charge >= 0.3 is 0 Å². The average molecular weight is 419 g/mol. The molecule has 1 unspecified atom stereocenters. The molecule has 1 aromatic carbocycles. The van der Waals surface area contributed by atoms with E-state index < -0.39 is 29.9 Å². The van der Waals surface area contributed by atoms with Crippen LogP contribution in [0.15, 0.2) is 18.2 Å². The molecular formula is C22H30FN3O4. The Morgan fingerprint density at radius 2 is 2.00 bits per heavy atom. The molecule has 0 bridgehead atoms. The van der Waals surface area contributed by atoms with Crippen LogP contribution in [0.1, 0.15) is 56.6 Å². The van der Waals surface area contributed by atoms with E-state index in [4.69, 9.17) is 5.21 Å². The number of aryl methyl sites for hydroxylation is 2. The van der Waals surface area contributed by atoms with Gasteiger partial charge < -0.3 is 10.2 Å². The third-order valence-electron chi connectivity index (χ3n) is 6.10. The summed E-state index contributed by atoms with van der Waals surface area (Å²) in [6.07, 6.45) is 3.62. The van der Waals surface area contributed by atoms with Crippen molar-refractivity contribution in [2.24, 2.45) is 5.92 Å². The largest absolute Gasteiger partial charge is 0.330 e. The van der Waals surface area contributed by atoms with Gasteiger partial charge in [0.15, 0.2) is 6.17 Å². The number of hydrogen-bond acceptors (Lipinski definition) is 4. The van der Waals surface area contributed by atoms with Gasteiger partial charge in [-0.15, -0.1) is 0 Å². The first-order chi connectivity index (χ1) is 14.5. The molecule has 1 heterocycles. The number of hydroxylamine groups is 1. The Bertz CT molecular complexity index is 801. The van der Waals surface area contributed by atoms with Gasteiger partial charge in [-0.1, -0.05) is 25.8 Å². The Kier molecular flexibility index (Phi) is 7.42. The van der Waals surface area contributed by atoms with E-state index in [9.17, 15) is 18.8 Å². The lowest BCUT2D eigenvalue weighted by Gasteiger charge is -2.29. The third-order valence-corrected chi connectivity index (χ3v) is 6.10. The van der Waals surface area contributed by atoms with E-state index in [1.54, 1.807) is 0 Å². The number of unbranched alkanes of at least 4 members (excludes halogenated alkanes) is 1. The zero-order valence-electron chi connectivity index (χ0n) is 17.3. The first kappa shape index (κ1) is 22.2. The molecule has 1 aromatic rings. The van der Waals surface area contributed by atoms with E-state index in [-0.39, 0.29) is 12.3 Å². The fraction of sp³-hybridized carbons (Fsp3) is 0.591. The molecule has 2 aliphatic rings. The minimum atomic E-state index is -2.16. The lowest BCUT2D eigenvalue weighted by Crippen LogP contribution is -2.49. The highest BCUT2D eigenvalue weighted by Gasteiger charge is 2.41. The number of likely N-dealkylation sites (tertiary alicyclic amines) is 1. The number of rotatable bonds is 8. The van der Waals surface area contributed by atoms with Crippen LogP contribution in [0.2, 0.25) is 0 Å². The van der Waals surface area contributed by atoms with E-state index in [2.05, 4.69) is 5.32 Å². The lowest BCUT2D eigenvalue weighted by atomic mass is 9.94. The minimum Gasteiger partial charge on any atom is -0.330 e. The van der Waals surface area contributed by atoms with Crippen LogP contribution in [0.4, 0.5) is 10.1 Å². The first-order valence-electron chi connectivity index (χ1n) is 10.8. The molecule has 1 aliphatic heterocycles. The van der Waals surface area contributed by atoms with E-state index in [1.165, 1.54) is 21.5 Å². The van der Waals surface area contributed by atoms with Crippen molar-refractivity contribution in [2.45, 2.75) is 70.5 Å². The van der Waals surface area contributed by atoms with E-state index in [1.807, 2.05) is 25.1 Å². The molecule has 3 atom stereocenters. The predicted octanol–water partition coefficient (Wildman–Crippen LogP) is 2.75. The van der Waals surface area contributed by atoms with Crippen molar-refractivity contribution in [1.29, 1.82) is 0 Å². The molecule has 1 saturated heterocycles. The second-order valence-electron chi connectivity index (χ2n) is 8.14. The van der Waals surface area contributed by atoms with Gasteiger partial charge in [0.05, 0.1) is 5.92 Å². The molecule has 3 rings (SSSR count). The number of carbonyl (C=O) groups is 3. The molecule has 0 saturated carbocycles. The summed E-state index contributed by atoms with van der Waals surface area (Å²) in [5, 5.41) is 11.7. The van der Waals surface area contributed by atoms with Crippen molar-refractivity contribution in [3.05, 3.63) is 29.3 Å². The fourth-order valence-electron chi connectivity index (χ4n) is 4.45.